The maximum absolute atomic E-state index is 3.76. The predicted octanol–water partition coefficient (Wildman–Crippen LogP) is 6.52. The summed E-state index contributed by atoms with van der Waals surface area (Å²) < 4.78 is 0. The van der Waals surface area contributed by atoms with E-state index in [0.29, 0.717) is 0 Å². The Morgan fingerprint density at radius 1 is 0.958 bits per heavy atom. The van der Waals surface area contributed by atoms with E-state index < -0.39 is 0 Å². The molecule has 0 amide bonds. The van der Waals surface area contributed by atoms with Crippen LogP contribution in [-0.2, 0) is 0 Å². The number of benzene rings is 2. The molecule has 2 aromatic rings. The van der Waals surface area contributed by atoms with E-state index in [1.54, 1.807) is 0 Å². The summed E-state index contributed by atoms with van der Waals surface area (Å²) in [5, 5.41) is 3.76. The van der Waals surface area contributed by atoms with Crippen molar-refractivity contribution in [2.24, 2.45) is 0 Å². The first-order valence-corrected chi connectivity index (χ1v) is 8.77. The van der Waals surface area contributed by atoms with Gasteiger partial charge in [-0.15, -0.1) is 0 Å². The summed E-state index contributed by atoms with van der Waals surface area (Å²) in [6.07, 6.45) is 5.53. The van der Waals surface area contributed by atoms with Crippen molar-refractivity contribution in [2.75, 3.05) is 5.32 Å². The number of allylic oxidation sites excluding steroid dienone is 4. The predicted molar refractivity (Wildman–Crippen MR) is 105 cm³/mol. The second-order valence-electron chi connectivity index (χ2n) is 7.00. The van der Waals surface area contributed by atoms with E-state index in [1.165, 1.54) is 44.7 Å². The molecule has 1 aliphatic carbocycles. The highest BCUT2D eigenvalue weighted by atomic mass is 14.9. The van der Waals surface area contributed by atoms with Crippen molar-refractivity contribution in [3.63, 3.8) is 0 Å². The lowest BCUT2D eigenvalue weighted by atomic mass is 9.92. The van der Waals surface area contributed by atoms with Crippen LogP contribution in [0.2, 0.25) is 0 Å². The molecule has 1 heteroatoms. The van der Waals surface area contributed by atoms with Crippen LogP contribution in [0.3, 0.4) is 0 Å². The zero-order valence-corrected chi connectivity index (χ0v) is 15.4. The monoisotopic (exact) mass is 317 g/mol. The Hall–Kier alpha value is -2.28. The third kappa shape index (κ3) is 3.17. The number of aryl methyl sites for hydroxylation is 3. The minimum absolute atomic E-state index is 0.266. The number of rotatable bonds is 4. The van der Waals surface area contributed by atoms with Crippen LogP contribution < -0.4 is 5.32 Å². The zero-order valence-electron chi connectivity index (χ0n) is 15.4. The first-order valence-electron chi connectivity index (χ1n) is 8.77. The van der Waals surface area contributed by atoms with Gasteiger partial charge in [0.1, 0.15) is 0 Å². The number of anilines is 1. The van der Waals surface area contributed by atoms with E-state index >= 15 is 0 Å². The van der Waals surface area contributed by atoms with E-state index in [0.717, 1.165) is 6.42 Å². The maximum atomic E-state index is 3.76. The van der Waals surface area contributed by atoms with Gasteiger partial charge in [0.15, 0.2) is 0 Å². The molecule has 1 N–H and O–H groups in total. The third-order valence-electron chi connectivity index (χ3n) is 4.96. The summed E-state index contributed by atoms with van der Waals surface area (Å²) in [6, 6.07) is 13.6. The molecule has 0 saturated heterocycles. The van der Waals surface area contributed by atoms with Gasteiger partial charge in [0.25, 0.3) is 0 Å². The van der Waals surface area contributed by atoms with Crippen molar-refractivity contribution in [2.45, 2.75) is 47.1 Å². The highest BCUT2D eigenvalue weighted by molar-refractivity contribution is 5.77. The average molecular weight is 317 g/mol. The minimum atomic E-state index is 0.266. The number of hydrogen-bond acceptors (Lipinski definition) is 1. The zero-order chi connectivity index (χ0) is 17.3. The Labute approximate surface area is 146 Å². The molecular weight excluding hydrogens is 290 g/mol. The van der Waals surface area contributed by atoms with Crippen molar-refractivity contribution in [3.05, 3.63) is 81.9 Å². The van der Waals surface area contributed by atoms with Gasteiger partial charge in [0, 0.05) is 11.7 Å². The molecule has 1 unspecified atom stereocenters. The van der Waals surface area contributed by atoms with Crippen LogP contribution in [0.5, 0.6) is 0 Å². The molecule has 0 spiro atoms. The molecule has 0 radical (unpaired) electrons. The molecule has 0 fully saturated rings. The van der Waals surface area contributed by atoms with Gasteiger partial charge in [-0.3, -0.25) is 0 Å². The van der Waals surface area contributed by atoms with Crippen molar-refractivity contribution in [3.8, 4) is 0 Å². The van der Waals surface area contributed by atoms with Crippen molar-refractivity contribution >= 4 is 11.3 Å². The lowest BCUT2D eigenvalue weighted by Crippen LogP contribution is -2.11. The van der Waals surface area contributed by atoms with Crippen LogP contribution in [0, 0.1) is 20.8 Å². The topological polar surface area (TPSA) is 12.0 Å². The Morgan fingerprint density at radius 2 is 1.62 bits per heavy atom. The second-order valence-corrected chi connectivity index (χ2v) is 7.00. The first-order chi connectivity index (χ1) is 11.5. The van der Waals surface area contributed by atoms with Crippen LogP contribution in [-0.4, -0.2) is 0 Å². The van der Waals surface area contributed by atoms with Crippen LogP contribution in [0.4, 0.5) is 5.69 Å². The van der Waals surface area contributed by atoms with Gasteiger partial charge in [0.05, 0.1) is 0 Å². The van der Waals surface area contributed by atoms with Crippen molar-refractivity contribution < 1.29 is 0 Å². The number of hydrogen-bond donors (Lipinski definition) is 1. The lowest BCUT2D eigenvalue weighted by molar-refractivity contribution is 0.875. The highest BCUT2D eigenvalue weighted by Crippen LogP contribution is 2.35. The van der Waals surface area contributed by atoms with E-state index in [1.807, 2.05) is 0 Å². The SMILES string of the molecule is CC1=C(c2ccccc2C(C)Nc2c(C)cc(C)cc2C)CC=C1. The Morgan fingerprint density at radius 3 is 2.25 bits per heavy atom. The second kappa shape index (κ2) is 6.68. The van der Waals surface area contributed by atoms with Gasteiger partial charge in [-0.05, 0) is 74.4 Å². The summed E-state index contributed by atoms with van der Waals surface area (Å²) in [5.74, 6) is 0. The summed E-state index contributed by atoms with van der Waals surface area (Å²) in [5.41, 5.74) is 10.8. The molecule has 2 aromatic carbocycles. The lowest BCUT2D eigenvalue weighted by Gasteiger charge is -2.23. The standard InChI is InChI=1S/C23H27N/c1-15-13-17(3)23(18(4)14-15)24-19(5)21-10-6-7-11-22(21)20-12-8-9-16(20)2/h6-11,13-14,19,24H,12H2,1-5H3. The molecule has 1 aliphatic rings. The molecule has 3 rings (SSSR count). The van der Waals surface area contributed by atoms with Gasteiger partial charge in [0.2, 0.25) is 0 Å². The Balaban J connectivity index is 1.95. The molecule has 0 aliphatic heterocycles. The van der Waals surface area contributed by atoms with E-state index in [2.05, 4.69) is 88.5 Å². The van der Waals surface area contributed by atoms with Gasteiger partial charge >= 0.3 is 0 Å². The van der Waals surface area contributed by atoms with Gasteiger partial charge in [-0.1, -0.05) is 54.1 Å². The maximum Gasteiger partial charge on any atom is 0.0491 e. The molecule has 0 bridgehead atoms. The van der Waals surface area contributed by atoms with Gasteiger partial charge in [-0.2, -0.15) is 0 Å². The summed E-state index contributed by atoms with van der Waals surface area (Å²) in [4.78, 5) is 0. The summed E-state index contributed by atoms with van der Waals surface area (Å²) in [7, 11) is 0. The minimum Gasteiger partial charge on any atom is -0.378 e. The van der Waals surface area contributed by atoms with Gasteiger partial charge in [-0.25, -0.2) is 0 Å². The fourth-order valence-corrected chi connectivity index (χ4v) is 3.79. The van der Waals surface area contributed by atoms with Crippen LogP contribution >= 0.6 is 0 Å². The van der Waals surface area contributed by atoms with Gasteiger partial charge < -0.3 is 5.32 Å². The largest absolute Gasteiger partial charge is 0.378 e. The average Bonchev–Trinajstić information content (AvgIpc) is 2.96. The Bertz CT molecular complexity index is 801. The quantitative estimate of drug-likeness (QED) is 0.677. The normalized spacial score (nSPS) is 15.0. The molecular formula is C23H27N. The Kier molecular flexibility index (Phi) is 4.62. The van der Waals surface area contributed by atoms with E-state index in [9.17, 15) is 0 Å². The molecule has 1 nitrogen and oxygen atoms in total. The highest BCUT2D eigenvalue weighted by Gasteiger charge is 2.17. The third-order valence-corrected chi connectivity index (χ3v) is 4.96. The van der Waals surface area contributed by atoms with E-state index in [-0.39, 0.29) is 6.04 Å². The molecule has 124 valence electrons. The van der Waals surface area contributed by atoms with Crippen molar-refractivity contribution in [1.29, 1.82) is 0 Å². The summed E-state index contributed by atoms with van der Waals surface area (Å²) >= 11 is 0. The molecule has 0 heterocycles. The first kappa shape index (κ1) is 16.6. The molecule has 0 saturated carbocycles. The molecule has 0 aromatic heterocycles. The van der Waals surface area contributed by atoms with Crippen LogP contribution in [0.1, 0.15) is 54.1 Å². The molecule has 24 heavy (non-hydrogen) atoms. The van der Waals surface area contributed by atoms with Crippen LogP contribution in [0.25, 0.3) is 5.57 Å². The fraction of sp³-hybridized carbons (Fsp3) is 0.304. The summed E-state index contributed by atoms with van der Waals surface area (Å²) in [6.45, 7) is 11.0. The molecule has 1 atom stereocenters. The smallest absolute Gasteiger partial charge is 0.0491 e. The van der Waals surface area contributed by atoms with E-state index in [4.69, 9.17) is 0 Å². The number of nitrogens with one attached hydrogen (secondary N) is 1. The fourth-order valence-electron chi connectivity index (χ4n) is 3.79. The van der Waals surface area contributed by atoms with Crippen LogP contribution in [0.15, 0.2) is 54.1 Å². The van der Waals surface area contributed by atoms with Crippen molar-refractivity contribution in [1.82, 2.24) is 0 Å².